The quantitative estimate of drug-likeness (QED) is 0.793. The number of rotatable bonds is 7. The molecule has 0 radical (unpaired) electrons. The highest BCUT2D eigenvalue weighted by Crippen LogP contribution is 2.16. The van der Waals surface area contributed by atoms with Crippen LogP contribution in [0.1, 0.15) is 24.2 Å². The molecule has 0 bridgehead atoms. The zero-order chi connectivity index (χ0) is 17.5. The number of aromatic nitrogens is 1. The Morgan fingerprint density at radius 2 is 2.00 bits per heavy atom. The van der Waals surface area contributed by atoms with Crippen molar-refractivity contribution in [3.63, 3.8) is 0 Å². The number of aryl methyl sites for hydroxylation is 1. The predicted molar refractivity (Wildman–Crippen MR) is 89.4 cm³/mol. The Labute approximate surface area is 142 Å². The molecule has 1 aromatic heterocycles. The van der Waals surface area contributed by atoms with Gasteiger partial charge in [-0.1, -0.05) is 23.8 Å². The van der Waals surface area contributed by atoms with Crippen LogP contribution in [-0.2, 0) is 20.3 Å². The number of pyridine rings is 1. The molecule has 2 unspecified atom stereocenters. The third kappa shape index (κ3) is 5.73. The van der Waals surface area contributed by atoms with Crippen molar-refractivity contribution < 1.29 is 22.5 Å². The van der Waals surface area contributed by atoms with E-state index in [-0.39, 0.29) is 12.5 Å². The maximum absolute atomic E-state index is 11.7. The zero-order valence-corrected chi connectivity index (χ0v) is 14.1. The fourth-order valence-corrected chi connectivity index (χ4v) is 2.33. The molecule has 0 aliphatic rings. The molecule has 128 valence electrons. The average Bonchev–Trinajstić information content (AvgIpc) is 2.55. The number of carbonyl (C=O) groups is 1. The minimum atomic E-state index is -2.02. The van der Waals surface area contributed by atoms with E-state index in [9.17, 15) is 14.1 Å². The fourth-order valence-electron chi connectivity index (χ4n) is 1.77. The molecule has 0 aliphatic carbocycles. The second-order valence-electron chi connectivity index (χ2n) is 5.06. The van der Waals surface area contributed by atoms with Gasteiger partial charge in [0.2, 0.25) is 5.91 Å². The van der Waals surface area contributed by atoms with Gasteiger partial charge in [-0.2, -0.15) is 4.21 Å². The van der Waals surface area contributed by atoms with Gasteiger partial charge >= 0.3 is 11.4 Å². The van der Waals surface area contributed by atoms with Gasteiger partial charge in [0.25, 0.3) is 0 Å². The molecule has 0 spiro atoms. The molecular formula is C16H18N2O5S. The summed E-state index contributed by atoms with van der Waals surface area (Å²) in [5.74, 6) is 0.559. The van der Waals surface area contributed by atoms with E-state index in [2.05, 4.69) is 10.3 Å². The van der Waals surface area contributed by atoms with Crippen LogP contribution >= 0.6 is 0 Å². The first-order valence-corrected chi connectivity index (χ1v) is 8.15. The minimum Gasteiger partial charge on any atom is -0.386 e. The molecule has 2 rings (SSSR count). The predicted octanol–water partition coefficient (Wildman–Crippen LogP) is 2.06. The number of benzene rings is 1. The summed E-state index contributed by atoms with van der Waals surface area (Å²) in [5.41, 5.74) is 1.52. The molecule has 7 nitrogen and oxygen atoms in total. The van der Waals surface area contributed by atoms with E-state index in [0.29, 0.717) is 17.1 Å². The molecule has 0 saturated heterocycles. The van der Waals surface area contributed by atoms with Gasteiger partial charge in [0, 0.05) is 18.7 Å². The minimum absolute atomic E-state index is 0.223. The van der Waals surface area contributed by atoms with Crippen LogP contribution in [0, 0.1) is 6.92 Å². The summed E-state index contributed by atoms with van der Waals surface area (Å²) in [5, 5.41) is 12.5. The lowest BCUT2D eigenvalue weighted by Gasteiger charge is -2.11. The Kier molecular flexibility index (Phi) is 6.42. The maximum atomic E-state index is 11.7. The largest absolute Gasteiger partial charge is 0.386 e. The van der Waals surface area contributed by atoms with Gasteiger partial charge in [0.15, 0.2) is 0 Å². The summed E-state index contributed by atoms with van der Waals surface area (Å²) < 4.78 is 21.8. The van der Waals surface area contributed by atoms with Crippen molar-refractivity contribution in [2.75, 3.05) is 11.9 Å². The standard InChI is InChI=1S/C16H18N2O5S/c1-11-3-6-14(7-4-11)23-24(21)22-10-15(20)13-5-8-16(17-9-13)18-12(2)19/h3-9,15,20H,10H2,1-2H3,(H,17,18,19). The second kappa shape index (κ2) is 8.53. The summed E-state index contributed by atoms with van der Waals surface area (Å²) in [6.07, 6.45) is 0.387. The fraction of sp³-hybridized carbons (Fsp3) is 0.250. The number of carbonyl (C=O) groups excluding carboxylic acids is 1. The molecule has 24 heavy (non-hydrogen) atoms. The Balaban J connectivity index is 1.83. The number of aliphatic hydroxyl groups excluding tert-OH is 1. The summed E-state index contributed by atoms with van der Waals surface area (Å²) in [6, 6.07) is 10.2. The number of amides is 1. The van der Waals surface area contributed by atoms with Gasteiger partial charge in [-0.05, 0) is 25.1 Å². The van der Waals surface area contributed by atoms with Crippen LogP contribution in [0.3, 0.4) is 0 Å². The van der Waals surface area contributed by atoms with E-state index >= 15 is 0 Å². The molecule has 0 aliphatic heterocycles. The van der Waals surface area contributed by atoms with Crippen molar-refractivity contribution >= 4 is 23.1 Å². The Morgan fingerprint density at radius 1 is 1.29 bits per heavy atom. The molecule has 2 N–H and O–H groups in total. The molecule has 8 heteroatoms. The van der Waals surface area contributed by atoms with Crippen molar-refractivity contribution in [3.05, 3.63) is 53.7 Å². The lowest BCUT2D eigenvalue weighted by Crippen LogP contribution is -2.13. The Morgan fingerprint density at radius 3 is 2.58 bits per heavy atom. The van der Waals surface area contributed by atoms with Crippen molar-refractivity contribution in [2.24, 2.45) is 0 Å². The van der Waals surface area contributed by atoms with Gasteiger partial charge in [0.05, 0.1) is 6.61 Å². The van der Waals surface area contributed by atoms with E-state index in [1.54, 1.807) is 24.3 Å². The van der Waals surface area contributed by atoms with E-state index in [4.69, 9.17) is 8.37 Å². The molecular weight excluding hydrogens is 332 g/mol. The van der Waals surface area contributed by atoms with Crippen LogP contribution in [0.5, 0.6) is 5.75 Å². The van der Waals surface area contributed by atoms with Crippen LogP contribution in [0.2, 0.25) is 0 Å². The first-order valence-electron chi connectivity index (χ1n) is 7.15. The summed E-state index contributed by atoms with van der Waals surface area (Å²) in [7, 11) is 0. The third-order valence-corrected chi connectivity index (χ3v) is 3.64. The van der Waals surface area contributed by atoms with Gasteiger partial charge < -0.3 is 14.6 Å². The first-order chi connectivity index (χ1) is 11.4. The van der Waals surface area contributed by atoms with E-state index in [0.717, 1.165) is 5.56 Å². The highest BCUT2D eigenvalue weighted by molar-refractivity contribution is 7.75. The number of aliphatic hydroxyl groups is 1. The van der Waals surface area contributed by atoms with Crippen LogP contribution in [0.25, 0.3) is 0 Å². The van der Waals surface area contributed by atoms with E-state index in [1.165, 1.54) is 13.1 Å². The zero-order valence-electron chi connectivity index (χ0n) is 13.3. The molecule has 2 atom stereocenters. The summed E-state index contributed by atoms with van der Waals surface area (Å²) in [4.78, 5) is 14.9. The molecule has 0 fully saturated rings. The van der Waals surface area contributed by atoms with Crippen molar-refractivity contribution in [1.82, 2.24) is 4.98 Å². The third-order valence-electron chi connectivity index (χ3n) is 2.98. The SMILES string of the molecule is CC(=O)Nc1ccc(C(O)COS(=O)Oc2ccc(C)cc2)cn1. The number of hydrogen-bond acceptors (Lipinski definition) is 6. The monoisotopic (exact) mass is 350 g/mol. The second-order valence-corrected chi connectivity index (χ2v) is 5.87. The van der Waals surface area contributed by atoms with Gasteiger partial charge in [-0.15, -0.1) is 0 Å². The summed E-state index contributed by atoms with van der Waals surface area (Å²) in [6.45, 7) is 3.08. The van der Waals surface area contributed by atoms with Crippen LogP contribution < -0.4 is 9.50 Å². The maximum Gasteiger partial charge on any atom is 0.360 e. The molecule has 1 amide bonds. The normalized spacial score (nSPS) is 13.1. The lowest BCUT2D eigenvalue weighted by molar-refractivity contribution is -0.114. The number of anilines is 1. The molecule has 2 aromatic rings. The summed E-state index contributed by atoms with van der Waals surface area (Å²) >= 11 is -2.02. The highest BCUT2D eigenvalue weighted by atomic mass is 32.2. The molecule has 1 aromatic carbocycles. The van der Waals surface area contributed by atoms with E-state index in [1.807, 2.05) is 19.1 Å². The van der Waals surface area contributed by atoms with Gasteiger partial charge in [-0.3, -0.25) is 8.98 Å². The Bertz CT molecular complexity index is 703. The number of nitrogens with zero attached hydrogens (tertiary/aromatic N) is 1. The first kappa shape index (κ1) is 18.1. The number of hydrogen-bond donors (Lipinski definition) is 2. The van der Waals surface area contributed by atoms with Crippen molar-refractivity contribution in [2.45, 2.75) is 20.0 Å². The van der Waals surface area contributed by atoms with Crippen LogP contribution in [0.15, 0.2) is 42.6 Å². The molecule has 1 heterocycles. The molecule has 0 saturated carbocycles. The van der Waals surface area contributed by atoms with E-state index < -0.39 is 17.5 Å². The topological polar surface area (TPSA) is 97.8 Å². The highest BCUT2D eigenvalue weighted by Gasteiger charge is 2.12. The number of nitrogens with one attached hydrogen (secondary N) is 1. The van der Waals surface area contributed by atoms with Gasteiger partial charge in [0.1, 0.15) is 17.7 Å². The average molecular weight is 350 g/mol. The van der Waals surface area contributed by atoms with Gasteiger partial charge in [-0.25, -0.2) is 4.98 Å². The lowest BCUT2D eigenvalue weighted by atomic mass is 10.2. The smallest absolute Gasteiger partial charge is 0.360 e. The van der Waals surface area contributed by atoms with Crippen molar-refractivity contribution in [3.8, 4) is 5.75 Å². The van der Waals surface area contributed by atoms with Crippen LogP contribution in [-0.4, -0.2) is 26.8 Å². The van der Waals surface area contributed by atoms with Crippen LogP contribution in [0.4, 0.5) is 5.82 Å². The Hall–Kier alpha value is -2.29. The van der Waals surface area contributed by atoms with Crippen molar-refractivity contribution in [1.29, 1.82) is 0 Å².